The van der Waals surface area contributed by atoms with E-state index in [0.29, 0.717) is 23.0 Å². The first kappa shape index (κ1) is 15.0. The number of nitrogens with zero attached hydrogens (tertiary/aromatic N) is 2. The molecule has 2 aromatic rings. The standard InChI is InChI=1S/C15H18FN3O2/c1-4-8-17-15-18-9-11(16)13(19-15)10-6-5-7-12(20-2)14(10)21-3/h5-7,9H,4,8H2,1-3H3,(H,17,18,19). The molecule has 0 unspecified atom stereocenters. The Morgan fingerprint density at radius 1 is 1.24 bits per heavy atom. The summed E-state index contributed by atoms with van der Waals surface area (Å²) in [4.78, 5) is 8.16. The lowest BCUT2D eigenvalue weighted by Gasteiger charge is -2.13. The third-order valence-electron chi connectivity index (χ3n) is 2.94. The predicted octanol–water partition coefficient (Wildman–Crippen LogP) is 3.12. The van der Waals surface area contributed by atoms with Crippen LogP contribution in [0.2, 0.25) is 0 Å². The van der Waals surface area contributed by atoms with Crippen LogP contribution in [-0.4, -0.2) is 30.7 Å². The predicted molar refractivity (Wildman–Crippen MR) is 79.3 cm³/mol. The first-order chi connectivity index (χ1) is 10.2. The second kappa shape index (κ2) is 6.88. The van der Waals surface area contributed by atoms with Gasteiger partial charge in [0, 0.05) is 12.1 Å². The average molecular weight is 291 g/mol. The highest BCUT2D eigenvalue weighted by Crippen LogP contribution is 2.37. The molecule has 1 aromatic carbocycles. The monoisotopic (exact) mass is 291 g/mol. The van der Waals surface area contributed by atoms with Gasteiger partial charge in [-0.2, -0.15) is 0 Å². The Hall–Kier alpha value is -2.37. The Balaban J connectivity index is 2.50. The van der Waals surface area contributed by atoms with Gasteiger partial charge in [-0.3, -0.25) is 0 Å². The molecular weight excluding hydrogens is 273 g/mol. The number of ether oxygens (including phenoxy) is 2. The maximum Gasteiger partial charge on any atom is 0.223 e. The van der Waals surface area contributed by atoms with Crippen molar-refractivity contribution >= 4 is 5.95 Å². The average Bonchev–Trinajstić information content (AvgIpc) is 2.53. The van der Waals surface area contributed by atoms with E-state index in [-0.39, 0.29) is 5.69 Å². The van der Waals surface area contributed by atoms with Crippen LogP contribution in [0.3, 0.4) is 0 Å². The van der Waals surface area contributed by atoms with E-state index >= 15 is 0 Å². The fraction of sp³-hybridized carbons (Fsp3) is 0.333. The molecule has 0 aliphatic heterocycles. The van der Waals surface area contributed by atoms with Gasteiger partial charge < -0.3 is 14.8 Å². The lowest BCUT2D eigenvalue weighted by atomic mass is 10.1. The second-order valence-corrected chi connectivity index (χ2v) is 4.36. The molecule has 1 N–H and O–H groups in total. The highest BCUT2D eigenvalue weighted by molar-refractivity contribution is 5.72. The molecule has 0 radical (unpaired) electrons. The fourth-order valence-corrected chi connectivity index (χ4v) is 1.95. The van der Waals surface area contributed by atoms with Crippen LogP contribution in [0.25, 0.3) is 11.3 Å². The van der Waals surface area contributed by atoms with E-state index in [1.807, 2.05) is 6.92 Å². The number of para-hydroxylation sites is 1. The molecule has 6 heteroatoms. The molecule has 112 valence electrons. The summed E-state index contributed by atoms with van der Waals surface area (Å²) in [7, 11) is 3.04. The summed E-state index contributed by atoms with van der Waals surface area (Å²) in [5.41, 5.74) is 0.704. The van der Waals surface area contributed by atoms with Crippen LogP contribution in [0.1, 0.15) is 13.3 Å². The second-order valence-electron chi connectivity index (χ2n) is 4.36. The lowest BCUT2D eigenvalue weighted by Crippen LogP contribution is -2.06. The number of benzene rings is 1. The first-order valence-corrected chi connectivity index (χ1v) is 6.69. The minimum absolute atomic E-state index is 0.180. The molecule has 1 aromatic heterocycles. The van der Waals surface area contributed by atoms with Crippen molar-refractivity contribution in [2.75, 3.05) is 26.1 Å². The van der Waals surface area contributed by atoms with E-state index in [0.717, 1.165) is 19.2 Å². The number of aromatic nitrogens is 2. The van der Waals surface area contributed by atoms with Gasteiger partial charge >= 0.3 is 0 Å². The Morgan fingerprint density at radius 3 is 2.71 bits per heavy atom. The van der Waals surface area contributed by atoms with Crippen molar-refractivity contribution in [3.05, 3.63) is 30.2 Å². The maximum atomic E-state index is 14.1. The Bertz CT molecular complexity index is 620. The van der Waals surface area contributed by atoms with Crippen molar-refractivity contribution in [1.29, 1.82) is 0 Å². The van der Waals surface area contributed by atoms with Gasteiger partial charge in [0.1, 0.15) is 5.69 Å². The molecule has 1 heterocycles. The Labute approximate surface area is 123 Å². The number of methoxy groups -OCH3 is 2. The molecule has 0 saturated carbocycles. The van der Waals surface area contributed by atoms with Gasteiger partial charge in [-0.1, -0.05) is 13.0 Å². The molecule has 0 spiro atoms. The summed E-state index contributed by atoms with van der Waals surface area (Å²) in [6.45, 7) is 2.75. The number of halogens is 1. The highest BCUT2D eigenvalue weighted by atomic mass is 19.1. The summed E-state index contributed by atoms with van der Waals surface area (Å²) in [6, 6.07) is 5.24. The van der Waals surface area contributed by atoms with Crippen LogP contribution in [0.15, 0.2) is 24.4 Å². The highest BCUT2D eigenvalue weighted by Gasteiger charge is 2.17. The molecular formula is C15H18FN3O2. The summed E-state index contributed by atoms with van der Waals surface area (Å²) in [5, 5.41) is 3.04. The van der Waals surface area contributed by atoms with Crippen molar-refractivity contribution < 1.29 is 13.9 Å². The minimum Gasteiger partial charge on any atom is -0.493 e. The first-order valence-electron chi connectivity index (χ1n) is 6.69. The van der Waals surface area contributed by atoms with Crippen LogP contribution in [0.5, 0.6) is 11.5 Å². The summed E-state index contributed by atoms with van der Waals surface area (Å²) in [5.74, 6) is 0.844. The van der Waals surface area contributed by atoms with Crippen LogP contribution in [0.4, 0.5) is 10.3 Å². The number of nitrogens with one attached hydrogen (secondary N) is 1. The van der Waals surface area contributed by atoms with Crippen LogP contribution >= 0.6 is 0 Å². The molecule has 0 bridgehead atoms. The largest absolute Gasteiger partial charge is 0.493 e. The van der Waals surface area contributed by atoms with Crippen molar-refractivity contribution in [3.8, 4) is 22.8 Å². The van der Waals surface area contributed by atoms with Gasteiger partial charge in [-0.15, -0.1) is 0 Å². The van der Waals surface area contributed by atoms with Gasteiger partial charge in [0.2, 0.25) is 5.95 Å². The summed E-state index contributed by atoms with van der Waals surface area (Å²) in [6.07, 6.45) is 2.08. The van der Waals surface area contributed by atoms with Gasteiger partial charge in [-0.25, -0.2) is 14.4 Å². The molecule has 5 nitrogen and oxygen atoms in total. The third-order valence-corrected chi connectivity index (χ3v) is 2.94. The van der Waals surface area contributed by atoms with Gasteiger partial charge in [0.15, 0.2) is 17.3 Å². The van der Waals surface area contributed by atoms with Gasteiger partial charge in [0.05, 0.1) is 20.4 Å². The van der Waals surface area contributed by atoms with Crippen LogP contribution in [0, 0.1) is 5.82 Å². The van der Waals surface area contributed by atoms with E-state index in [9.17, 15) is 4.39 Å². The fourth-order valence-electron chi connectivity index (χ4n) is 1.95. The zero-order chi connectivity index (χ0) is 15.2. The lowest BCUT2D eigenvalue weighted by molar-refractivity contribution is 0.356. The zero-order valence-corrected chi connectivity index (χ0v) is 12.3. The van der Waals surface area contributed by atoms with Crippen molar-refractivity contribution in [2.24, 2.45) is 0 Å². The summed E-state index contributed by atoms with van der Waals surface area (Å²) < 4.78 is 24.6. The Morgan fingerprint density at radius 2 is 2.05 bits per heavy atom. The zero-order valence-electron chi connectivity index (χ0n) is 12.3. The van der Waals surface area contributed by atoms with Crippen molar-refractivity contribution in [3.63, 3.8) is 0 Å². The number of hydrogen-bond acceptors (Lipinski definition) is 5. The molecule has 0 aliphatic carbocycles. The van der Waals surface area contributed by atoms with E-state index < -0.39 is 5.82 Å². The molecule has 21 heavy (non-hydrogen) atoms. The smallest absolute Gasteiger partial charge is 0.223 e. The Kier molecular flexibility index (Phi) is 4.92. The van der Waals surface area contributed by atoms with Crippen molar-refractivity contribution in [2.45, 2.75) is 13.3 Å². The molecule has 0 saturated heterocycles. The SMILES string of the molecule is CCCNc1ncc(F)c(-c2cccc(OC)c2OC)n1. The summed E-state index contributed by atoms with van der Waals surface area (Å²) >= 11 is 0. The molecule has 0 aliphatic rings. The van der Waals surface area contributed by atoms with Crippen LogP contribution < -0.4 is 14.8 Å². The molecule has 0 amide bonds. The molecule has 2 rings (SSSR count). The minimum atomic E-state index is -0.511. The number of rotatable bonds is 6. The third kappa shape index (κ3) is 3.21. The number of hydrogen-bond donors (Lipinski definition) is 1. The number of anilines is 1. The van der Waals surface area contributed by atoms with Crippen molar-refractivity contribution in [1.82, 2.24) is 9.97 Å². The van der Waals surface area contributed by atoms with Crippen LogP contribution in [-0.2, 0) is 0 Å². The van der Waals surface area contributed by atoms with E-state index in [1.54, 1.807) is 18.2 Å². The topological polar surface area (TPSA) is 56.3 Å². The molecule has 0 atom stereocenters. The van der Waals surface area contributed by atoms with E-state index in [1.165, 1.54) is 14.2 Å². The van der Waals surface area contributed by atoms with Gasteiger partial charge in [-0.05, 0) is 18.6 Å². The van der Waals surface area contributed by atoms with E-state index in [2.05, 4.69) is 15.3 Å². The van der Waals surface area contributed by atoms with Gasteiger partial charge in [0.25, 0.3) is 0 Å². The molecule has 0 fully saturated rings. The maximum absolute atomic E-state index is 14.1. The normalized spacial score (nSPS) is 10.3. The quantitative estimate of drug-likeness (QED) is 0.886. The van der Waals surface area contributed by atoms with E-state index in [4.69, 9.17) is 9.47 Å².